The Morgan fingerprint density at radius 3 is 2.04 bits per heavy atom. The summed E-state index contributed by atoms with van der Waals surface area (Å²) in [5.74, 6) is 0.781. The van der Waals surface area contributed by atoms with Crippen LogP contribution in [0.25, 0.3) is 0 Å². The summed E-state index contributed by atoms with van der Waals surface area (Å²) in [5, 5.41) is 3.09. The van der Waals surface area contributed by atoms with Crippen LogP contribution in [0.1, 0.15) is 31.1 Å². The highest BCUT2D eigenvalue weighted by molar-refractivity contribution is 5.90. The Balaban J connectivity index is 0.000000313. The highest BCUT2D eigenvalue weighted by Crippen LogP contribution is 2.17. The zero-order valence-corrected chi connectivity index (χ0v) is 15.5. The molecular weight excluding hydrogens is 344 g/mol. The Morgan fingerprint density at radius 2 is 1.59 bits per heavy atom. The quantitative estimate of drug-likeness (QED) is 0.679. The molecule has 8 nitrogen and oxygen atoms in total. The Hall–Kier alpha value is -3.55. The third-order valence-corrected chi connectivity index (χ3v) is 2.94. The number of nitrogens with one attached hydrogen (secondary N) is 1. The van der Waals surface area contributed by atoms with E-state index < -0.39 is 5.60 Å². The third kappa shape index (κ3) is 7.47. The van der Waals surface area contributed by atoms with E-state index in [4.69, 9.17) is 10.5 Å². The average Bonchev–Trinajstić information content (AvgIpc) is 2.63. The van der Waals surface area contributed by atoms with E-state index in [0.717, 1.165) is 5.69 Å². The number of esters is 1. The number of carbonyl (C=O) groups is 1. The Kier molecular flexibility index (Phi) is 6.76. The molecule has 0 saturated carbocycles. The Bertz CT molecular complexity index is 834. The number of nitrogen functional groups attached to an aromatic ring is 1. The van der Waals surface area contributed by atoms with Crippen molar-refractivity contribution in [2.75, 3.05) is 11.1 Å². The van der Waals surface area contributed by atoms with Crippen LogP contribution in [0, 0.1) is 0 Å². The number of ether oxygens (including phenoxy) is 1. The van der Waals surface area contributed by atoms with Crippen molar-refractivity contribution in [3.8, 4) is 0 Å². The number of hydrogen-bond acceptors (Lipinski definition) is 8. The van der Waals surface area contributed by atoms with Crippen LogP contribution < -0.4 is 11.1 Å². The maximum absolute atomic E-state index is 11.9. The van der Waals surface area contributed by atoms with E-state index in [0.29, 0.717) is 17.2 Å². The molecule has 0 fully saturated rings. The molecule has 27 heavy (non-hydrogen) atoms. The number of hydrogen-bond donors (Lipinski definition) is 2. The minimum atomic E-state index is -0.492. The van der Waals surface area contributed by atoms with E-state index in [2.05, 4.69) is 25.3 Å². The lowest BCUT2D eigenvalue weighted by Gasteiger charge is -2.19. The SMILES string of the molecule is CC(C)(C)OC(=O)c1ccc(Nc2cnccn2)cc1.Nc1cnccn1. The van der Waals surface area contributed by atoms with Gasteiger partial charge < -0.3 is 15.8 Å². The topological polar surface area (TPSA) is 116 Å². The molecule has 0 aliphatic heterocycles. The molecule has 140 valence electrons. The fraction of sp³-hybridized carbons (Fsp3) is 0.211. The largest absolute Gasteiger partial charge is 0.456 e. The first kappa shape index (κ1) is 19.8. The van der Waals surface area contributed by atoms with Crippen molar-refractivity contribution in [3.05, 3.63) is 67.0 Å². The zero-order chi connectivity index (χ0) is 19.7. The van der Waals surface area contributed by atoms with Crippen molar-refractivity contribution < 1.29 is 9.53 Å². The number of rotatable bonds is 3. The number of anilines is 3. The highest BCUT2D eigenvalue weighted by Gasteiger charge is 2.17. The molecule has 8 heteroatoms. The molecule has 0 aliphatic rings. The third-order valence-electron chi connectivity index (χ3n) is 2.94. The molecule has 0 aliphatic carbocycles. The van der Waals surface area contributed by atoms with Crippen molar-refractivity contribution in [1.29, 1.82) is 0 Å². The van der Waals surface area contributed by atoms with Crippen LogP contribution in [0.4, 0.5) is 17.3 Å². The van der Waals surface area contributed by atoms with Gasteiger partial charge in [0.05, 0.1) is 18.0 Å². The van der Waals surface area contributed by atoms with Gasteiger partial charge in [-0.05, 0) is 45.0 Å². The van der Waals surface area contributed by atoms with E-state index in [-0.39, 0.29) is 5.97 Å². The summed E-state index contributed by atoms with van der Waals surface area (Å²) >= 11 is 0. The van der Waals surface area contributed by atoms with Gasteiger partial charge in [-0.2, -0.15) is 0 Å². The molecule has 0 unspecified atom stereocenters. The van der Waals surface area contributed by atoms with E-state index in [9.17, 15) is 4.79 Å². The summed E-state index contributed by atoms with van der Waals surface area (Å²) in [6.07, 6.45) is 9.47. The highest BCUT2D eigenvalue weighted by atomic mass is 16.6. The minimum Gasteiger partial charge on any atom is -0.456 e. The summed E-state index contributed by atoms with van der Waals surface area (Å²) in [5.41, 5.74) is 6.04. The summed E-state index contributed by atoms with van der Waals surface area (Å²) < 4.78 is 5.30. The maximum atomic E-state index is 11.9. The molecule has 2 heterocycles. The molecular formula is C19H22N6O2. The molecule has 3 N–H and O–H groups in total. The van der Waals surface area contributed by atoms with Crippen molar-refractivity contribution in [2.24, 2.45) is 0 Å². The second-order valence-electron chi connectivity index (χ2n) is 6.43. The first-order valence-electron chi connectivity index (χ1n) is 8.21. The van der Waals surface area contributed by atoms with Crippen LogP contribution in [-0.4, -0.2) is 31.5 Å². The monoisotopic (exact) mass is 366 g/mol. The molecule has 3 aromatic rings. The van der Waals surface area contributed by atoms with Gasteiger partial charge >= 0.3 is 5.97 Å². The summed E-state index contributed by atoms with van der Waals surface area (Å²) in [7, 11) is 0. The van der Waals surface area contributed by atoms with Crippen LogP contribution >= 0.6 is 0 Å². The fourth-order valence-corrected chi connectivity index (χ4v) is 1.85. The minimum absolute atomic E-state index is 0.330. The van der Waals surface area contributed by atoms with Gasteiger partial charge in [-0.1, -0.05) is 0 Å². The molecule has 0 saturated heterocycles. The molecule has 0 amide bonds. The number of nitrogens with two attached hydrogens (primary N) is 1. The van der Waals surface area contributed by atoms with Gasteiger partial charge in [-0.15, -0.1) is 0 Å². The van der Waals surface area contributed by atoms with Crippen LogP contribution in [0.2, 0.25) is 0 Å². The second-order valence-corrected chi connectivity index (χ2v) is 6.43. The molecule has 2 aromatic heterocycles. The first-order chi connectivity index (χ1) is 12.8. The van der Waals surface area contributed by atoms with Crippen molar-refractivity contribution in [2.45, 2.75) is 26.4 Å². The molecule has 0 spiro atoms. The summed E-state index contributed by atoms with van der Waals surface area (Å²) in [6, 6.07) is 7.03. The van der Waals surface area contributed by atoms with Crippen molar-refractivity contribution >= 4 is 23.3 Å². The number of aromatic nitrogens is 4. The van der Waals surface area contributed by atoms with E-state index in [1.54, 1.807) is 55.2 Å². The van der Waals surface area contributed by atoms with E-state index in [1.165, 1.54) is 6.20 Å². The predicted molar refractivity (Wildman–Crippen MR) is 103 cm³/mol. The summed E-state index contributed by atoms with van der Waals surface area (Å²) in [4.78, 5) is 27.3. The normalized spacial score (nSPS) is 10.3. The van der Waals surface area contributed by atoms with Gasteiger partial charge in [-0.25, -0.2) is 14.8 Å². The van der Waals surface area contributed by atoms with Crippen LogP contribution in [0.3, 0.4) is 0 Å². The van der Waals surface area contributed by atoms with Crippen LogP contribution in [-0.2, 0) is 4.74 Å². The van der Waals surface area contributed by atoms with Gasteiger partial charge in [0.15, 0.2) is 0 Å². The van der Waals surface area contributed by atoms with E-state index in [1.807, 2.05) is 20.8 Å². The van der Waals surface area contributed by atoms with Crippen molar-refractivity contribution in [1.82, 2.24) is 19.9 Å². The molecule has 3 rings (SSSR count). The van der Waals surface area contributed by atoms with Crippen LogP contribution in [0.5, 0.6) is 0 Å². The van der Waals surface area contributed by atoms with Gasteiger partial charge in [0, 0.05) is 30.5 Å². The predicted octanol–water partition coefficient (Wildman–Crippen LogP) is 3.23. The molecule has 0 bridgehead atoms. The second kappa shape index (κ2) is 9.23. The lowest BCUT2D eigenvalue weighted by atomic mass is 10.1. The average molecular weight is 366 g/mol. The van der Waals surface area contributed by atoms with Gasteiger partial charge in [0.25, 0.3) is 0 Å². The Morgan fingerprint density at radius 1 is 0.963 bits per heavy atom. The number of nitrogens with zero attached hydrogens (tertiary/aromatic N) is 4. The Labute approximate surface area is 157 Å². The number of carbonyl (C=O) groups excluding carboxylic acids is 1. The molecule has 1 aromatic carbocycles. The molecule has 0 radical (unpaired) electrons. The maximum Gasteiger partial charge on any atom is 0.338 e. The van der Waals surface area contributed by atoms with Gasteiger partial charge in [0.2, 0.25) is 0 Å². The standard InChI is InChI=1S/C15H17N3O2.C4H5N3/c1-15(2,3)20-14(19)11-4-6-12(7-5-11)18-13-10-16-8-9-17-13;5-4-3-6-1-2-7-4/h4-10H,1-3H3,(H,17,18);1-3H,(H2,5,7). The zero-order valence-electron chi connectivity index (χ0n) is 15.5. The lowest BCUT2D eigenvalue weighted by Crippen LogP contribution is -2.23. The van der Waals surface area contributed by atoms with Gasteiger partial charge in [0.1, 0.15) is 17.2 Å². The number of benzene rings is 1. The fourth-order valence-electron chi connectivity index (χ4n) is 1.85. The van der Waals surface area contributed by atoms with Gasteiger partial charge in [-0.3, -0.25) is 9.97 Å². The van der Waals surface area contributed by atoms with E-state index >= 15 is 0 Å². The smallest absolute Gasteiger partial charge is 0.338 e. The molecule has 0 atom stereocenters. The lowest BCUT2D eigenvalue weighted by molar-refractivity contribution is 0.00696. The first-order valence-corrected chi connectivity index (χ1v) is 8.21. The van der Waals surface area contributed by atoms with Crippen molar-refractivity contribution in [3.63, 3.8) is 0 Å². The summed E-state index contributed by atoms with van der Waals surface area (Å²) in [6.45, 7) is 5.53. The van der Waals surface area contributed by atoms with Crippen LogP contribution in [0.15, 0.2) is 61.4 Å².